The first-order chi connectivity index (χ1) is 8.53. The van der Waals surface area contributed by atoms with E-state index in [0.717, 1.165) is 13.1 Å². The summed E-state index contributed by atoms with van der Waals surface area (Å²) >= 11 is 0. The summed E-state index contributed by atoms with van der Waals surface area (Å²) in [5.41, 5.74) is 0. The van der Waals surface area contributed by atoms with E-state index in [-0.39, 0.29) is 12.6 Å². The van der Waals surface area contributed by atoms with Crippen molar-refractivity contribution < 1.29 is 13.2 Å². The Bertz CT molecular complexity index is 431. The largest absolute Gasteiger partial charge is 0.374 e. The third-order valence-electron chi connectivity index (χ3n) is 3.62. The summed E-state index contributed by atoms with van der Waals surface area (Å²) in [6.45, 7) is 4.15. The fourth-order valence-corrected chi connectivity index (χ4v) is 3.22. The average Bonchev–Trinajstić information content (AvgIpc) is 2.82. The van der Waals surface area contributed by atoms with Gasteiger partial charge in [-0.05, 0) is 26.3 Å². The van der Waals surface area contributed by atoms with Crippen LogP contribution in [0, 0.1) is 11.3 Å². The molecular weight excluding hydrogens is 254 g/mol. The molecule has 18 heavy (non-hydrogen) atoms. The van der Waals surface area contributed by atoms with Gasteiger partial charge >= 0.3 is 0 Å². The molecule has 2 aliphatic heterocycles. The van der Waals surface area contributed by atoms with Crippen LogP contribution in [0.25, 0.3) is 0 Å². The van der Waals surface area contributed by atoms with E-state index in [2.05, 4.69) is 9.62 Å². The molecule has 1 N–H and O–H groups in total. The molecular formula is C11H19N3O3S. The lowest BCUT2D eigenvalue weighted by Gasteiger charge is -2.35. The third-order valence-corrected chi connectivity index (χ3v) is 5.23. The van der Waals surface area contributed by atoms with Gasteiger partial charge in [0.2, 0.25) is 10.0 Å². The predicted molar refractivity (Wildman–Crippen MR) is 66.3 cm³/mol. The van der Waals surface area contributed by atoms with Crippen molar-refractivity contribution >= 4 is 10.0 Å². The van der Waals surface area contributed by atoms with Gasteiger partial charge in [0.1, 0.15) is 0 Å². The molecule has 2 fully saturated rings. The van der Waals surface area contributed by atoms with Crippen LogP contribution < -0.4 is 4.72 Å². The lowest BCUT2D eigenvalue weighted by Crippen LogP contribution is -2.50. The van der Waals surface area contributed by atoms with Gasteiger partial charge in [-0.15, -0.1) is 0 Å². The van der Waals surface area contributed by atoms with Crippen LogP contribution in [0.2, 0.25) is 0 Å². The molecule has 0 spiro atoms. The average molecular weight is 273 g/mol. The molecule has 0 amide bonds. The maximum absolute atomic E-state index is 11.6. The van der Waals surface area contributed by atoms with Crippen molar-refractivity contribution in [1.82, 2.24) is 9.62 Å². The lowest BCUT2D eigenvalue weighted by atomic mass is 10.2. The molecule has 3 atom stereocenters. The summed E-state index contributed by atoms with van der Waals surface area (Å²) in [5, 5.41) is 7.59. The highest BCUT2D eigenvalue weighted by Gasteiger charge is 2.33. The number of nitriles is 1. The minimum absolute atomic E-state index is 0.111. The minimum atomic E-state index is -3.54. The Morgan fingerprint density at radius 1 is 1.61 bits per heavy atom. The number of rotatable bonds is 4. The molecule has 0 aliphatic carbocycles. The summed E-state index contributed by atoms with van der Waals surface area (Å²) in [6, 6.07) is 2.24. The van der Waals surface area contributed by atoms with Crippen LogP contribution in [0.4, 0.5) is 0 Å². The number of hydrogen-bond donors (Lipinski definition) is 1. The van der Waals surface area contributed by atoms with Crippen LogP contribution in [0.5, 0.6) is 0 Å². The van der Waals surface area contributed by atoms with E-state index in [1.165, 1.54) is 19.8 Å². The van der Waals surface area contributed by atoms with E-state index >= 15 is 0 Å². The quantitative estimate of drug-likeness (QED) is 0.759. The lowest BCUT2D eigenvalue weighted by molar-refractivity contribution is -0.0449. The van der Waals surface area contributed by atoms with Gasteiger partial charge in [-0.2, -0.15) is 5.26 Å². The second-order valence-electron chi connectivity index (χ2n) is 4.91. The van der Waals surface area contributed by atoms with Gasteiger partial charge < -0.3 is 4.74 Å². The normalized spacial score (nSPS) is 30.7. The van der Waals surface area contributed by atoms with E-state index < -0.39 is 15.3 Å². The maximum Gasteiger partial charge on any atom is 0.227 e. The molecule has 0 saturated carbocycles. The van der Waals surface area contributed by atoms with Crippen molar-refractivity contribution in [3.8, 4) is 6.07 Å². The zero-order valence-corrected chi connectivity index (χ0v) is 11.3. The van der Waals surface area contributed by atoms with Crippen LogP contribution in [-0.4, -0.2) is 57.0 Å². The van der Waals surface area contributed by atoms with E-state index in [9.17, 15) is 8.42 Å². The first-order valence-electron chi connectivity index (χ1n) is 6.26. The maximum atomic E-state index is 11.6. The zero-order chi connectivity index (χ0) is 13.2. The van der Waals surface area contributed by atoms with Crippen LogP contribution in [0.3, 0.4) is 0 Å². The molecule has 6 nitrogen and oxygen atoms in total. The van der Waals surface area contributed by atoms with Crippen molar-refractivity contribution in [3.63, 3.8) is 0 Å². The Kier molecular flexibility index (Phi) is 4.22. The summed E-state index contributed by atoms with van der Waals surface area (Å²) in [6.07, 6.45) is 2.25. The van der Waals surface area contributed by atoms with Crippen molar-refractivity contribution in [2.24, 2.45) is 0 Å². The Hall–Kier alpha value is -0.680. The fourth-order valence-electron chi connectivity index (χ4n) is 2.41. The third kappa shape index (κ3) is 3.01. The SMILES string of the molecule is CC(C#N)S(=O)(=O)NCC1CN2CCCC2CO1. The summed E-state index contributed by atoms with van der Waals surface area (Å²) in [4.78, 5) is 2.36. The van der Waals surface area contributed by atoms with Gasteiger partial charge in [-0.3, -0.25) is 4.90 Å². The Morgan fingerprint density at radius 2 is 2.39 bits per heavy atom. The number of fused-ring (bicyclic) bond motifs is 1. The molecule has 102 valence electrons. The smallest absolute Gasteiger partial charge is 0.227 e. The first-order valence-corrected chi connectivity index (χ1v) is 7.81. The number of nitrogens with zero attached hydrogens (tertiary/aromatic N) is 2. The van der Waals surface area contributed by atoms with Crippen molar-refractivity contribution in [3.05, 3.63) is 0 Å². The molecule has 7 heteroatoms. The van der Waals surface area contributed by atoms with E-state index in [1.807, 2.05) is 0 Å². The molecule has 0 aromatic carbocycles. The Labute approximate surface area is 108 Å². The molecule has 0 bridgehead atoms. The second kappa shape index (κ2) is 5.53. The predicted octanol–water partition coefficient (Wildman–Crippen LogP) is -0.319. The highest BCUT2D eigenvalue weighted by atomic mass is 32.2. The monoisotopic (exact) mass is 273 g/mol. The summed E-state index contributed by atoms with van der Waals surface area (Å²) in [5.74, 6) is 0. The van der Waals surface area contributed by atoms with E-state index in [1.54, 1.807) is 6.07 Å². The molecule has 0 aromatic heterocycles. The molecule has 3 unspecified atom stereocenters. The number of hydrogen-bond acceptors (Lipinski definition) is 5. The highest BCUT2D eigenvalue weighted by Crippen LogP contribution is 2.22. The highest BCUT2D eigenvalue weighted by molar-refractivity contribution is 7.90. The van der Waals surface area contributed by atoms with Crippen LogP contribution in [0.1, 0.15) is 19.8 Å². The molecule has 2 rings (SSSR count). The topological polar surface area (TPSA) is 82.4 Å². The first kappa shape index (κ1) is 13.7. The molecule has 2 saturated heterocycles. The minimum Gasteiger partial charge on any atom is -0.374 e. The second-order valence-corrected chi connectivity index (χ2v) is 7.00. The van der Waals surface area contributed by atoms with Crippen molar-refractivity contribution in [1.29, 1.82) is 5.26 Å². The van der Waals surface area contributed by atoms with E-state index in [0.29, 0.717) is 12.6 Å². The number of ether oxygens (including phenoxy) is 1. The molecule has 2 aliphatic rings. The number of morpholine rings is 1. The molecule has 0 aromatic rings. The van der Waals surface area contributed by atoms with Gasteiger partial charge in [0.05, 0.1) is 18.8 Å². The van der Waals surface area contributed by atoms with Gasteiger partial charge in [-0.1, -0.05) is 0 Å². The van der Waals surface area contributed by atoms with Gasteiger partial charge in [0.15, 0.2) is 5.25 Å². The molecule has 2 heterocycles. The number of sulfonamides is 1. The summed E-state index contributed by atoms with van der Waals surface area (Å²) < 4.78 is 31.4. The van der Waals surface area contributed by atoms with E-state index in [4.69, 9.17) is 10.00 Å². The standard InChI is InChI=1S/C11H19N3O3S/c1-9(5-12)18(15,16)13-6-11-7-14-4-2-3-10(14)8-17-11/h9-11,13H,2-4,6-8H2,1H3. The van der Waals surface area contributed by atoms with Crippen molar-refractivity contribution in [2.75, 3.05) is 26.2 Å². The van der Waals surface area contributed by atoms with Crippen LogP contribution in [0.15, 0.2) is 0 Å². The van der Waals surface area contributed by atoms with Crippen molar-refractivity contribution in [2.45, 2.75) is 37.2 Å². The zero-order valence-electron chi connectivity index (χ0n) is 10.5. The fraction of sp³-hybridized carbons (Fsp3) is 0.909. The van der Waals surface area contributed by atoms with Gasteiger partial charge in [0.25, 0.3) is 0 Å². The van der Waals surface area contributed by atoms with Crippen LogP contribution in [-0.2, 0) is 14.8 Å². The van der Waals surface area contributed by atoms with Crippen LogP contribution >= 0.6 is 0 Å². The number of nitrogens with one attached hydrogen (secondary N) is 1. The van der Waals surface area contributed by atoms with Gasteiger partial charge in [0, 0.05) is 19.1 Å². The summed E-state index contributed by atoms with van der Waals surface area (Å²) in [7, 11) is -3.54. The van der Waals surface area contributed by atoms with Gasteiger partial charge in [-0.25, -0.2) is 13.1 Å². The Balaban J connectivity index is 1.83. The Morgan fingerprint density at radius 3 is 3.11 bits per heavy atom. The molecule has 0 radical (unpaired) electrons.